The number of carbonyl (C=O) groups excluding carboxylic acids is 1. The number of aromatic nitrogens is 2. The van der Waals surface area contributed by atoms with Crippen LogP contribution in [0.3, 0.4) is 0 Å². The maximum atomic E-state index is 12.4. The van der Waals surface area contributed by atoms with Gasteiger partial charge in [0.2, 0.25) is 0 Å². The minimum Gasteiger partial charge on any atom is -0.489 e. The summed E-state index contributed by atoms with van der Waals surface area (Å²) in [6, 6.07) is 19.6. The van der Waals surface area contributed by atoms with Crippen LogP contribution in [-0.2, 0) is 6.61 Å². The van der Waals surface area contributed by atoms with E-state index in [-0.39, 0.29) is 11.9 Å². The largest absolute Gasteiger partial charge is 0.489 e. The molecule has 0 bridgehead atoms. The Balaban J connectivity index is 1.34. The van der Waals surface area contributed by atoms with Gasteiger partial charge in [-0.2, -0.15) is 0 Å². The fourth-order valence-corrected chi connectivity index (χ4v) is 3.40. The van der Waals surface area contributed by atoms with E-state index < -0.39 is 0 Å². The topological polar surface area (TPSA) is 76.1 Å². The summed E-state index contributed by atoms with van der Waals surface area (Å²) in [7, 11) is 0. The van der Waals surface area contributed by atoms with Gasteiger partial charge in [-0.1, -0.05) is 43.2 Å². The highest BCUT2D eigenvalue weighted by molar-refractivity contribution is 5.93. The third-order valence-corrected chi connectivity index (χ3v) is 4.97. The van der Waals surface area contributed by atoms with Crippen LogP contribution in [0.15, 0.2) is 67.0 Å². The van der Waals surface area contributed by atoms with Gasteiger partial charge in [-0.3, -0.25) is 4.79 Å². The van der Waals surface area contributed by atoms with Crippen molar-refractivity contribution in [1.82, 2.24) is 15.3 Å². The molecule has 4 rings (SSSR count). The number of benzene rings is 2. The van der Waals surface area contributed by atoms with Crippen LogP contribution < -0.4 is 15.4 Å². The van der Waals surface area contributed by atoms with E-state index in [1.54, 1.807) is 6.07 Å². The lowest BCUT2D eigenvalue weighted by Crippen LogP contribution is -2.33. The van der Waals surface area contributed by atoms with Gasteiger partial charge in [-0.05, 0) is 42.7 Å². The molecule has 3 aromatic rings. The predicted molar refractivity (Wildman–Crippen MR) is 112 cm³/mol. The van der Waals surface area contributed by atoms with E-state index in [2.05, 4.69) is 20.6 Å². The first-order valence-electron chi connectivity index (χ1n) is 9.93. The van der Waals surface area contributed by atoms with Gasteiger partial charge in [0.1, 0.15) is 30.2 Å². The van der Waals surface area contributed by atoms with Crippen LogP contribution in [0.5, 0.6) is 5.75 Å². The number of hydrogen-bond donors (Lipinski definition) is 2. The molecule has 148 valence electrons. The molecule has 6 heteroatoms. The van der Waals surface area contributed by atoms with Gasteiger partial charge in [-0.15, -0.1) is 0 Å². The Labute approximate surface area is 170 Å². The molecule has 0 unspecified atom stereocenters. The van der Waals surface area contributed by atoms with Gasteiger partial charge in [0.15, 0.2) is 0 Å². The molecule has 0 aliphatic heterocycles. The average molecular weight is 388 g/mol. The molecule has 0 spiro atoms. The fraction of sp³-hybridized carbons (Fsp3) is 0.261. The standard InChI is InChI=1S/C23H24N4O2/c28-23(27-18-8-4-5-9-18)21-14-22(25-16-24-21)26-19-10-12-20(13-11-19)29-15-17-6-2-1-3-7-17/h1-3,6-7,10-14,16,18H,4-5,8-9,15H2,(H,27,28)(H,24,25,26). The number of amides is 1. The number of hydrogen-bond acceptors (Lipinski definition) is 5. The SMILES string of the molecule is O=C(NC1CCCC1)c1cc(Nc2ccc(OCc3ccccc3)cc2)ncn1. The Hall–Kier alpha value is -3.41. The molecule has 1 fully saturated rings. The van der Waals surface area contributed by atoms with Crippen LogP contribution in [0.4, 0.5) is 11.5 Å². The van der Waals surface area contributed by atoms with E-state index in [1.807, 2.05) is 54.6 Å². The van der Waals surface area contributed by atoms with Gasteiger partial charge < -0.3 is 15.4 Å². The number of anilines is 2. The summed E-state index contributed by atoms with van der Waals surface area (Å²) >= 11 is 0. The lowest BCUT2D eigenvalue weighted by molar-refractivity contribution is 0.0932. The maximum Gasteiger partial charge on any atom is 0.270 e. The maximum absolute atomic E-state index is 12.4. The zero-order valence-electron chi connectivity index (χ0n) is 16.2. The van der Waals surface area contributed by atoms with E-state index in [0.29, 0.717) is 18.1 Å². The van der Waals surface area contributed by atoms with Crippen LogP contribution in [0, 0.1) is 0 Å². The lowest BCUT2D eigenvalue weighted by atomic mass is 10.2. The van der Waals surface area contributed by atoms with Crippen molar-refractivity contribution >= 4 is 17.4 Å². The number of rotatable bonds is 7. The van der Waals surface area contributed by atoms with Gasteiger partial charge in [0.05, 0.1) is 0 Å². The second-order valence-corrected chi connectivity index (χ2v) is 7.17. The molecular weight excluding hydrogens is 364 g/mol. The Kier molecular flexibility index (Phi) is 6.00. The Morgan fingerprint density at radius 2 is 1.76 bits per heavy atom. The van der Waals surface area contributed by atoms with Crippen LogP contribution in [-0.4, -0.2) is 21.9 Å². The summed E-state index contributed by atoms with van der Waals surface area (Å²) < 4.78 is 5.80. The third kappa shape index (κ3) is 5.31. The fourth-order valence-electron chi connectivity index (χ4n) is 3.40. The van der Waals surface area contributed by atoms with Crippen molar-refractivity contribution < 1.29 is 9.53 Å². The first kappa shape index (κ1) is 18.9. The highest BCUT2D eigenvalue weighted by Crippen LogP contribution is 2.21. The number of nitrogens with zero attached hydrogens (tertiary/aromatic N) is 2. The van der Waals surface area contributed by atoms with Crippen molar-refractivity contribution in [2.75, 3.05) is 5.32 Å². The number of ether oxygens (including phenoxy) is 1. The minimum atomic E-state index is -0.146. The normalized spacial score (nSPS) is 13.8. The van der Waals surface area contributed by atoms with Crippen molar-refractivity contribution in [3.63, 3.8) is 0 Å². The third-order valence-electron chi connectivity index (χ3n) is 4.97. The van der Waals surface area contributed by atoms with E-state index >= 15 is 0 Å². The summed E-state index contributed by atoms with van der Waals surface area (Å²) in [5.41, 5.74) is 2.36. The van der Waals surface area contributed by atoms with Crippen molar-refractivity contribution in [2.45, 2.75) is 38.3 Å². The Bertz CT molecular complexity index is 939. The molecule has 1 amide bonds. The molecule has 1 aliphatic rings. The highest BCUT2D eigenvalue weighted by atomic mass is 16.5. The quantitative estimate of drug-likeness (QED) is 0.624. The number of nitrogens with one attached hydrogen (secondary N) is 2. The first-order chi connectivity index (χ1) is 14.3. The van der Waals surface area contributed by atoms with Crippen molar-refractivity contribution in [1.29, 1.82) is 0 Å². The van der Waals surface area contributed by atoms with Crippen LogP contribution >= 0.6 is 0 Å². The van der Waals surface area contributed by atoms with Crippen molar-refractivity contribution in [3.05, 3.63) is 78.2 Å². The van der Waals surface area contributed by atoms with E-state index in [9.17, 15) is 4.79 Å². The molecule has 1 aromatic heterocycles. The first-order valence-corrected chi connectivity index (χ1v) is 9.93. The van der Waals surface area contributed by atoms with E-state index in [0.717, 1.165) is 29.8 Å². The van der Waals surface area contributed by atoms with Gasteiger partial charge in [0, 0.05) is 17.8 Å². The van der Waals surface area contributed by atoms with Gasteiger partial charge in [-0.25, -0.2) is 9.97 Å². The summed E-state index contributed by atoms with van der Waals surface area (Å²) in [6.45, 7) is 0.527. The summed E-state index contributed by atoms with van der Waals surface area (Å²) in [6.07, 6.45) is 5.84. The van der Waals surface area contributed by atoms with E-state index in [1.165, 1.54) is 19.2 Å². The second-order valence-electron chi connectivity index (χ2n) is 7.17. The summed E-state index contributed by atoms with van der Waals surface area (Å²) in [5.74, 6) is 1.22. The predicted octanol–water partition coefficient (Wildman–Crippen LogP) is 4.47. The molecule has 29 heavy (non-hydrogen) atoms. The molecule has 1 saturated carbocycles. The molecule has 2 aromatic carbocycles. The Morgan fingerprint density at radius 1 is 1.00 bits per heavy atom. The number of carbonyl (C=O) groups is 1. The van der Waals surface area contributed by atoms with Crippen molar-refractivity contribution in [2.24, 2.45) is 0 Å². The van der Waals surface area contributed by atoms with Crippen LogP contribution in [0.1, 0.15) is 41.7 Å². The molecule has 1 aliphatic carbocycles. The molecular formula is C23H24N4O2. The van der Waals surface area contributed by atoms with Crippen molar-refractivity contribution in [3.8, 4) is 5.75 Å². The molecule has 0 saturated heterocycles. The highest BCUT2D eigenvalue weighted by Gasteiger charge is 2.18. The summed E-state index contributed by atoms with van der Waals surface area (Å²) in [5, 5.41) is 6.25. The average Bonchev–Trinajstić information content (AvgIpc) is 3.27. The Morgan fingerprint density at radius 3 is 2.52 bits per heavy atom. The smallest absolute Gasteiger partial charge is 0.270 e. The van der Waals surface area contributed by atoms with Crippen LogP contribution in [0.2, 0.25) is 0 Å². The zero-order chi connectivity index (χ0) is 19.9. The minimum absolute atomic E-state index is 0.146. The van der Waals surface area contributed by atoms with E-state index in [4.69, 9.17) is 4.74 Å². The zero-order valence-corrected chi connectivity index (χ0v) is 16.2. The second kappa shape index (κ2) is 9.19. The molecule has 1 heterocycles. The monoisotopic (exact) mass is 388 g/mol. The molecule has 0 radical (unpaired) electrons. The molecule has 6 nitrogen and oxygen atoms in total. The van der Waals surface area contributed by atoms with Gasteiger partial charge >= 0.3 is 0 Å². The van der Waals surface area contributed by atoms with Gasteiger partial charge in [0.25, 0.3) is 5.91 Å². The lowest BCUT2D eigenvalue weighted by Gasteiger charge is -2.12. The molecule has 2 N–H and O–H groups in total. The van der Waals surface area contributed by atoms with Crippen LogP contribution in [0.25, 0.3) is 0 Å². The summed E-state index contributed by atoms with van der Waals surface area (Å²) in [4.78, 5) is 20.7. The molecule has 0 atom stereocenters.